The van der Waals surface area contributed by atoms with E-state index in [0.717, 1.165) is 31.4 Å². The molecule has 2 radical (unpaired) electrons. The molecule has 0 aromatic heterocycles. The van der Waals surface area contributed by atoms with Crippen LogP contribution in [0.3, 0.4) is 0 Å². The zero-order chi connectivity index (χ0) is 25.7. The summed E-state index contributed by atoms with van der Waals surface area (Å²) >= 11 is 1.99. The third-order valence-corrected chi connectivity index (χ3v) is 8.96. The Morgan fingerprint density at radius 2 is 1.34 bits per heavy atom. The second-order valence-corrected chi connectivity index (χ2v) is 13.0. The Kier molecular flexibility index (Phi) is 30.2. The van der Waals surface area contributed by atoms with Gasteiger partial charge in [0.15, 0.2) is 0 Å². The third kappa shape index (κ3) is 28.4. The van der Waals surface area contributed by atoms with Crippen LogP contribution in [0.25, 0.3) is 0 Å². The lowest BCUT2D eigenvalue weighted by Gasteiger charge is -2.18. The molecule has 5 heteroatoms. The smallest absolute Gasteiger partial charge is 0.306 e. The second-order valence-electron chi connectivity index (χ2n) is 10.1. The van der Waals surface area contributed by atoms with Gasteiger partial charge in [-0.3, -0.25) is 4.79 Å². The molecule has 3 nitrogen and oxygen atoms in total. The van der Waals surface area contributed by atoms with Gasteiger partial charge in [-0.05, 0) is 57.4 Å². The number of hydrogen-bond acceptors (Lipinski definition) is 4. The van der Waals surface area contributed by atoms with Gasteiger partial charge in [-0.15, -0.1) is 0 Å². The first-order valence-corrected chi connectivity index (χ1v) is 18.0. The summed E-state index contributed by atoms with van der Waals surface area (Å²) in [4.78, 5) is 12.2. The van der Waals surface area contributed by atoms with Crippen LogP contribution in [0.1, 0.15) is 143 Å². The number of thioether (sulfide) groups is 1. The lowest BCUT2D eigenvalue weighted by Crippen LogP contribution is -2.21. The van der Waals surface area contributed by atoms with Crippen LogP contribution in [0.5, 0.6) is 0 Å². The molecule has 1 N–H and O–H groups in total. The van der Waals surface area contributed by atoms with Crippen molar-refractivity contribution in [2.24, 2.45) is 0 Å². The molecular formula is C30H61NO2SSi. The average molecular weight is 528 g/mol. The number of esters is 1. The van der Waals surface area contributed by atoms with E-state index < -0.39 is 0 Å². The van der Waals surface area contributed by atoms with E-state index in [1.54, 1.807) is 0 Å². The first kappa shape index (κ1) is 35.0. The van der Waals surface area contributed by atoms with Crippen LogP contribution in [0.2, 0.25) is 12.1 Å². The van der Waals surface area contributed by atoms with Gasteiger partial charge in [0.2, 0.25) is 0 Å². The van der Waals surface area contributed by atoms with Crippen LogP contribution < -0.4 is 5.32 Å². The monoisotopic (exact) mass is 527 g/mol. The van der Waals surface area contributed by atoms with Gasteiger partial charge in [0.05, 0.1) is 0 Å². The predicted molar refractivity (Wildman–Crippen MR) is 160 cm³/mol. The molecule has 0 aliphatic heterocycles. The summed E-state index contributed by atoms with van der Waals surface area (Å²) in [5.41, 5.74) is 0. The van der Waals surface area contributed by atoms with Gasteiger partial charge in [-0.1, -0.05) is 110 Å². The van der Waals surface area contributed by atoms with E-state index in [9.17, 15) is 4.79 Å². The fourth-order valence-electron chi connectivity index (χ4n) is 4.27. The topological polar surface area (TPSA) is 38.3 Å². The molecule has 0 fully saturated rings. The normalized spacial score (nSPS) is 12.2. The number of rotatable bonds is 29. The van der Waals surface area contributed by atoms with Crippen LogP contribution in [0.15, 0.2) is 0 Å². The summed E-state index contributed by atoms with van der Waals surface area (Å²) in [6.07, 6.45) is 23.7. The largest absolute Gasteiger partial charge is 0.461 e. The number of hydrogen-bond donors (Lipinski definition) is 1. The maximum absolute atomic E-state index is 12.2. The Hall–Kier alpha value is -0.00312. The first-order valence-electron chi connectivity index (χ1n) is 15.4. The highest BCUT2D eigenvalue weighted by atomic mass is 32.2. The van der Waals surface area contributed by atoms with Crippen LogP contribution in [-0.2, 0) is 9.53 Å². The van der Waals surface area contributed by atoms with E-state index >= 15 is 0 Å². The van der Waals surface area contributed by atoms with E-state index in [-0.39, 0.29) is 12.1 Å². The van der Waals surface area contributed by atoms with Crippen molar-refractivity contribution in [3.63, 3.8) is 0 Å². The van der Waals surface area contributed by atoms with E-state index in [0.29, 0.717) is 6.42 Å². The molecule has 0 aromatic rings. The number of carbonyl (C=O) groups is 1. The minimum Gasteiger partial charge on any atom is -0.461 e. The van der Waals surface area contributed by atoms with E-state index in [4.69, 9.17) is 4.74 Å². The fourth-order valence-corrected chi connectivity index (χ4v) is 6.20. The molecule has 0 heterocycles. The van der Waals surface area contributed by atoms with Crippen LogP contribution in [0, 0.1) is 0 Å². The van der Waals surface area contributed by atoms with Crippen molar-refractivity contribution in [3.8, 4) is 0 Å². The molecule has 0 bridgehead atoms. The first-order chi connectivity index (χ1) is 17.2. The highest BCUT2D eigenvalue weighted by molar-refractivity contribution is 7.99. The summed E-state index contributed by atoms with van der Waals surface area (Å²) in [5.74, 6) is 2.20. The van der Waals surface area contributed by atoms with Gasteiger partial charge in [-0.2, -0.15) is 11.8 Å². The average Bonchev–Trinajstić information content (AvgIpc) is 2.85. The van der Waals surface area contributed by atoms with E-state index in [1.165, 1.54) is 130 Å². The third-order valence-electron chi connectivity index (χ3n) is 6.57. The fraction of sp³-hybridized carbons (Fsp3) is 0.967. The van der Waals surface area contributed by atoms with Gasteiger partial charge >= 0.3 is 5.97 Å². The molecule has 1 unspecified atom stereocenters. The molecule has 0 aliphatic carbocycles. The van der Waals surface area contributed by atoms with Gasteiger partial charge in [0.1, 0.15) is 6.10 Å². The Balaban J connectivity index is 3.58. The van der Waals surface area contributed by atoms with Crippen molar-refractivity contribution >= 4 is 27.3 Å². The summed E-state index contributed by atoms with van der Waals surface area (Å²) in [7, 11) is 1.20. The molecular weight excluding hydrogens is 466 g/mol. The quantitative estimate of drug-likeness (QED) is 0.0597. The van der Waals surface area contributed by atoms with Gasteiger partial charge in [-0.25, -0.2) is 0 Å². The van der Waals surface area contributed by atoms with Crippen molar-refractivity contribution in [1.29, 1.82) is 0 Å². The number of nitrogens with one attached hydrogen (secondary N) is 1. The van der Waals surface area contributed by atoms with Crippen molar-refractivity contribution in [3.05, 3.63) is 0 Å². The second kappa shape index (κ2) is 30.2. The maximum Gasteiger partial charge on any atom is 0.306 e. The molecule has 0 rings (SSSR count). The molecule has 0 spiro atoms. The van der Waals surface area contributed by atoms with Gasteiger partial charge in [0.25, 0.3) is 0 Å². The number of carbonyl (C=O) groups excluding carboxylic acids is 1. The maximum atomic E-state index is 12.2. The Bertz CT molecular complexity index is 425. The SMILES string of the molecule is CCCCCCC(CSCCCCCCNCCCCCCCC[Si]CC)OC(=O)CCCCC. The Morgan fingerprint density at radius 1 is 0.743 bits per heavy atom. The number of ether oxygens (including phenoxy) is 1. The molecule has 0 saturated heterocycles. The van der Waals surface area contributed by atoms with Crippen LogP contribution in [-0.4, -0.2) is 46.2 Å². The standard InChI is InChI=1S/C30H61NO2SSi/c1-4-7-9-17-22-29(33-30(32)23-16-8-5-2)28-34-26-20-14-13-19-25-31-24-18-12-10-11-15-21-27-35-6-3/h29,31H,4-28H2,1-3H3. The Labute approximate surface area is 227 Å². The van der Waals surface area contributed by atoms with E-state index in [2.05, 4.69) is 26.1 Å². The molecule has 0 amide bonds. The lowest BCUT2D eigenvalue weighted by atomic mass is 10.1. The van der Waals surface area contributed by atoms with Gasteiger partial charge < -0.3 is 10.1 Å². The summed E-state index contributed by atoms with van der Waals surface area (Å²) < 4.78 is 5.84. The van der Waals surface area contributed by atoms with Crippen molar-refractivity contribution in [1.82, 2.24) is 5.32 Å². The molecule has 35 heavy (non-hydrogen) atoms. The van der Waals surface area contributed by atoms with Gasteiger partial charge in [0, 0.05) is 21.7 Å². The predicted octanol–water partition coefficient (Wildman–Crippen LogP) is 9.23. The molecule has 208 valence electrons. The van der Waals surface area contributed by atoms with E-state index in [1.807, 2.05) is 11.8 Å². The van der Waals surface area contributed by atoms with Crippen molar-refractivity contribution in [2.75, 3.05) is 24.6 Å². The number of unbranched alkanes of at least 4 members (excludes halogenated alkanes) is 13. The van der Waals surface area contributed by atoms with Crippen molar-refractivity contribution < 1.29 is 9.53 Å². The minimum absolute atomic E-state index is 0.0229. The molecule has 0 aromatic carbocycles. The molecule has 1 atom stereocenters. The zero-order valence-corrected chi connectivity index (χ0v) is 25.8. The van der Waals surface area contributed by atoms with Crippen molar-refractivity contribution in [2.45, 2.75) is 161 Å². The summed E-state index contributed by atoms with van der Waals surface area (Å²) in [6.45, 7) is 9.10. The van der Waals surface area contributed by atoms with Crippen LogP contribution in [0.4, 0.5) is 0 Å². The highest BCUT2D eigenvalue weighted by Gasteiger charge is 2.14. The Morgan fingerprint density at radius 3 is 2.03 bits per heavy atom. The molecule has 0 aliphatic rings. The molecule has 0 saturated carbocycles. The van der Waals surface area contributed by atoms with Crippen LogP contribution >= 0.6 is 11.8 Å². The highest BCUT2D eigenvalue weighted by Crippen LogP contribution is 2.17. The summed E-state index contributed by atoms with van der Waals surface area (Å²) in [5, 5.41) is 3.63. The minimum atomic E-state index is 0.0229. The lowest BCUT2D eigenvalue weighted by molar-refractivity contribution is -0.148. The zero-order valence-electron chi connectivity index (χ0n) is 24.0. The summed E-state index contributed by atoms with van der Waals surface area (Å²) in [6, 6.07) is 2.84.